The second-order valence-electron chi connectivity index (χ2n) is 8.91. The van der Waals surface area contributed by atoms with Crippen molar-refractivity contribution in [1.82, 2.24) is 5.32 Å². The Labute approximate surface area is 224 Å². The number of nitrogens with two attached hydrogens (primary N) is 1. The van der Waals surface area contributed by atoms with Crippen molar-refractivity contribution in [3.8, 4) is 5.75 Å². The van der Waals surface area contributed by atoms with Crippen LogP contribution in [0.25, 0.3) is 0 Å². The average Bonchev–Trinajstić information content (AvgIpc) is 2.86. The molecule has 0 aromatic heterocycles. The van der Waals surface area contributed by atoms with Gasteiger partial charge in [0, 0.05) is 21.6 Å². The number of amides is 1. The van der Waals surface area contributed by atoms with E-state index in [4.69, 9.17) is 29.6 Å². The topological polar surface area (TPSA) is 170 Å². The molecule has 9 nitrogen and oxygen atoms in total. The molecule has 4 unspecified atom stereocenters. The number of nitrogens with one attached hydrogen (secondary N) is 1. The summed E-state index contributed by atoms with van der Waals surface area (Å²) in [5.41, 5.74) is 1.82. The molecule has 1 aliphatic heterocycles. The van der Waals surface area contributed by atoms with Gasteiger partial charge in [0.05, 0.1) is 22.2 Å². The van der Waals surface area contributed by atoms with Crippen LogP contribution in [0.2, 0.25) is 5.02 Å². The van der Waals surface area contributed by atoms with Crippen LogP contribution in [0.15, 0.2) is 70.0 Å². The normalized spacial score (nSPS) is 26.8. The molecule has 7 N–H and O–H groups in total. The maximum absolute atomic E-state index is 13.4. The van der Waals surface area contributed by atoms with Gasteiger partial charge in [0.2, 0.25) is 5.78 Å². The van der Waals surface area contributed by atoms with Crippen LogP contribution in [0.3, 0.4) is 0 Å². The van der Waals surface area contributed by atoms with E-state index >= 15 is 0 Å². The lowest BCUT2D eigenvalue weighted by Gasteiger charge is -2.48. The minimum absolute atomic E-state index is 0.0917. The number of phenolic OH excluding ortho intramolecular Hbond substituents is 1. The third-order valence-electron chi connectivity index (χ3n) is 6.92. The number of hydrogen-bond donors (Lipinski definition) is 7. The molecule has 2 aliphatic carbocycles. The van der Waals surface area contributed by atoms with Crippen molar-refractivity contribution in [2.24, 2.45) is 11.7 Å². The van der Waals surface area contributed by atoms with E-state index in [-0.39, 0.29) is 33.3 Å². The van der Waals surface area contributed by atoms with E-state index in [1.165, 1.54) is 12.1 Å². The van der Waals surface area contributed by atoms with Crippen molar-refractivity contribution >= 4 is 58.0 Å². The number of primary amides is 1. The lowest BCUT2D eigenvalue weighted by molar-refractivity contribution is -0.144. The van der Waals surface area contributed by atoms with E-state index < -0.39 is 57.4 Å². The summed E-state index contributed by atoms with van der Waals surface area (Å²) < 4.78 is 0. The molecule has 1 heterocycles. The summed E-state index contributed by atoms with van der Waals surface area (Å²) in [6.07, 6.45) is -0.0917. The Morgan fingerprint density at radius 2 is 1.81 bits per heavy atom. The highest BCUT2D eigenvalue weighted by molar-refractivity contribution is 8.00. The molecule has 37 heavy (non-hydrogen) atoms. The molecule has 12 heteroatoms. The predicted octanol–water partition coefficient (Wildman–Crippen LogP) is 2.21. The van der Waals surface area contributed by atoms with Gasteiger partial charge >= 0.3 is 0 Å². The van der Waals surface area contributed by atoms with Gasteiger partial charge in [0.25, 0.3) is 5.91 Å². The van der Waals surface area contributed by atoms with Crippen LogP contribution < -0.4 is 11.1 Å². The number of aromatic hydroxyl groups is 1. The highest BCUT2D eigenvalue weighted by Gasteiger charge is 2.63. The van der Waals surface area contributed by atoms with Gasteiger partial charge in [-0.1, -0.05) is 54.2 Å². The number of halogens is 1. The SMILES string of the molecule is NC(=O)C1=C(O)C(NC(=S)c2ccccc2)C2CC3[SH]c4c(Cl)ccc(O)c4C(=O)C3=C(O)C2(O)C1=O. The van der Waals surface area contributed by atoms with Crippen LogP contribution in [0.1, 0.15) is 22.3 Å². The highest BCUT2D eigenvalue weighted by atomic mass is 35.5. The molecule has 1 radical (unpaired) electrons. The first-order chi connectivity index (χ1) is 17.5. The van der Waals surface area contributed by atoms with Gasteiger partial charge in [0.15, 0.2) is 11.4 Å². The van der Waals surface area contributed by atoms with Crippen LogP contribution >= 0.6 is 35.6 Å². The molecular weight excluding hydrogens is 540 g/mol. The van der Waals surface area contributed by atoms with Crippen molar-refractivity contribution in [3.63, 3.8) is 0 Å². The molecular formula is C25H20ClN2O7S2. The van der Waals surface area contributed by atoms with E-state index in [2.05, 4.69) is 5.32 Å². The zero-order valence-corrected chi connectivity index (χ0v) is 21.3. The summed E-state index contributed by atoms with van der Waals surface area (Å²) >= 11 is 12.2. The molecule has 0 saturated heterocycles. The number of carbonyl (C=O) groups is 3. The standard InChI is InChI=1S/C25H20ClN2O7S2/c26-11-6-7-12(29)14-18(30)15-13(37-20(11)14)8-10-17(28-24(36)9-4-2-1-3-5-9)19(31)16(23(27)34)22(33)25(10,35)21(15)32/h1-7,10,13,17,29,31-32,35,37H,8H2,(H2,27,34)(H,28,36). The van der Waals surface area contributed by atoms with Gasteiger partial charge in [-0.2, -0.15) is 11.8 Å². The fraction of sp³-hybridized carbons (Fsp3) is 0.200. The van der Waals surface area contributed by atoms with Crippen LogP contribution in [0.5, 0.6) is 5.75 Å². The van der Waals surface area contributed by atoms with E-state index in [1.807, 2.05) is 0 Å². The largest absolute Gasteiger partial charge is 0.509 e. The average molecular weight is 560 g/mol. The van der Waals surface area contributed by atoms with Crippen molar-refractivity contribution in [2.45, 2.75) is 28.2 Å². The van der Waals surface area contributed by atoms with Crippen molar-refractivity contribution in [3.05, 3.63) is 81.3 Å². The molecule has 1 amide bonds. The lowest BCUT2D eigenvalue weighted by atomic mass is 9.63. The molecule has 0 bridgehead atoms. The van der Waals surface area contributed by atoms with Gasteiger partial charge in [0.1, 0.15) is 27.8 Å². The Kier molecular flexibility index (Phi) is 6.06. The van der Waals surface area contributed by atoms with Crippen LogP contribution in [0.4, 0.5) is 0 Å². The Morgan fingerprint density at radius 3 is 2.46 bits per heavy atom. The number of phenols is 1. The van der Waals surface area contributed by atoms with Gasteiger partial charge < -0.3 is 31.5 Å². The number of Topliss-reactive ketones (excluding diaryl/α,β-unsaturated/α-hetero) is 2. The maximum atomic E-state index is 13.4. The number of thiol groups is 1. The molecule has 0 spiro atoms. The number of ketones is 2. The third-order valence-corrected chi connectivity index (χ3v) is 9.23. The van der Waals surface area contributed by atoms with E-state index in [9.17, 15) is 34.8 Å². The Morgan fingerprint density at radius 1 is 1.14 bits per heavy atom. The summed E-state index contributed by atoms with van der Waals surface area (Å²) in [6, 6.07) is 10.0. The smallest absolute Gasteiger partial charge is 0.255 e. The Bertz CT molecular complexity index is 1470. The first kappa shape index (κ1) is 25.3. The number of carbonyl (C=O) groups excluding carboxylic acids is 3. The molecule has 2 aromatic carbocycles. The second kappa shape index (κ2) is 8.88. The Hall–Kier alpha value is -3.38. The summed E-state index contributed by atoms with van der Waals surface area (Å²) in [7, 11) is 0. The fourth-order valence-electron chi connectivity index (χ4n) is 5.17. The summed E-state index contributed by atoms with van der Waals surface area (Å²) in [6.45, 7) is 0. The zero-order chi connectivity index (χ0) is 26.8. The summed E-state index contributed by atoms with van der Waals surface area (Å²) in [4.78, 5) is 39.5. The van der Waals surface area contributed by atoms with E-state index in [0.29, 0.717) is 22.2 Å². The molecule has 3 aliphatic rings. The van der Waals surface area contributed by atoms with Gasteiger partial charge in [-0.05, 0) is 18.6 Å². The molecule has 0 fully saturated rings. The van der Waals surface area contributed by atoms with Gasteiger partial charge in [-0.25, -0.2) is 0 Å². The van der Waals surface area contributed by atoms with Crippen molar-refractivity contribution < 1.29 is 34.8 Å². The van der Waals surface area contributed by atoms with E-state index in [1.54, 1.807) is 30.3 Å². The number of rotatable bonds is 3. The summed E-state index contributed by atoms with van der Waals surface area (Å²) in [5, 5.41) is 46.7. The minimum atomic E-state index is -2.77. The van der Waals surface area contributed by atoms with Crippen LogP contribution in [0, 0.1) is 5.92 Å². The van der Waals surface area contributed by atoms with Crippen LogP contribution in [-0.4, -0.2) is 59.8 Å². The monoisotopic (exact) mass is 559 g/mol. The fourth-order valence-corrected chi connectivity index (χ4v) is 7.29. The Balaban J connectivity index is 1.67. The minimum Gasteiger partial charge on any atom is -0.509 e. The molecule has 4 atom stereocenters. The molecule has 191 valence electrons. The predicted molar refractivity (Wildman–Crippen MR) is 140 cm³/mol. The number of thiocarbonyl (C=S) groups is 1. The van der Waals surface area contributed by atoms with Crippen LogP contribution in [-0.2, 0) is 9.59 Å². The lowest BCUT2D eigenvalue weighted by Crippen LogP contribution is -2.64. The second-order valence-corrected chi connectivity index (χ2v) is 11.0. The highest BCUT2D eigenvalue weighted by Crippen LogP contribution is 2.54. The first-order valence-corrected chi connectivity index (χ1v) is 12.8. The quantitative estimate of drug-likeness (QED) is 0.169. The molecule has 2 aromatic rings. The van der Waals surface area contributed by atoms with Crippen molar-refractivity contribution in [1.29, 1.82) is 0 Å². The number of aliphatic hydroxyl groups is 3. The number of fused-ring (bicyclic) bond motifs is 3. The van der Waals surface area contributed by atoms with Gasteiger partial charge in [-0.3, -0.25) is 14.4 Å². The number of benzene rings is 2. The van der Waals surface area contributed by atoms with E-state index in [0.717, 1.165) is 0 Å². The van der Waals surface area contributed by atoms with Crippen molar-refractivity contribution in [2.75, 3.05) is 0 Å². The molecule has 0 saturated carbocycles. The van der Waals surface area contributed by atoms with Gasteiger partial charge in [-0.15, -0.1) is 0 Å². The number of hydrogen-bond acceptors (Lipinski definition) is 8. The number of aliphatic hydroxyl groups excluding tert-OH is 2. The zero-order valence-electron chi connectivity index (χ0n) is 18.8. The maximum Gasteiger partial charge on any atom is 0.255 e. The summed E-state index contributed by atoms with van der Waals surface area (Å²) in [5.74, 6) is -6.78. The first-order valence-electron chi connectivity index (χ1n) is 11.0. The third kappa shape index (κ3) is 3.64. The molecule has 5 rings (SSSR count).